The number of rotatable bonds is 6. The molecule has 0 bridgehead atoms. The Morgan fingerprint density at radius 2 is 0.727 bits per heavy atom. The Bertz CT molecular complexity index is 3040. The second-order valence-electron chi connectivity index (χ2n) is 14.0. The molecule has 0 amide bonds. The molecule has 1 aliphatic carbocycles. The lowest BCUT2D eigenvalue weighted by molar-refractivity contribution is 1.07. The molecule has 4 heteroatoms. The normalized spacial score (nSPS) is 12.3. The van der Waals surface area contributed by atoms with Crippen molar-refractivity contribution in [1.82, 2.24) is 19.5 Å². The molecular formula is C51H32N4. The molecule has 1 aliphatic rings. The van der Waals surface area contributed by atoms with Crippen molar-refractivity contribution >= 4 is 43.7 Å². The first kappa shape index (κ1) is 31.1. The van der Waals surface area contributed by atoms with Crippen LogP contribution in [0, 0.1) is 0 Å². The maximum absolute atomic E-state index is 4.99. The van der Waals surface area contributed by atoms with Gasteiger partial charge in [-0.2, -0.15) is 0 Å². The smallest absolute Gasteiger partial charge is 0.164 e. The van der Waals surface area contributed by atoms with Crippen LogP contribution in [-0.4, -0.2) is 19.5 Å². The number of benzene rings is 8. The van der Waals surface area contributed by atoms with Crippen molar-refractivity contribution in [3.8, 4) is 39.9 Å². The fraction of sp³-hybridized carbons (Fsp3) is 0. The summed E-state index contributed by atoms with van der Waals surface area (Å²) in [5.74, 6) is 1.94. The largest absolute Gasteiger partial charge is 0.309 e. The van der Waals surface area contributed by atoms with Gasteiger partial charge in [-0.15, -0.1) is 0 Å². The molecule has 256 valence electrons. The number of aromatic nitrogens is 4. The van der Waals surface area contributed by atoms with E-state index in [1.807, 2.05) is 60.7 Å². The molecule has 0 unspecified atom stereocenters. The van der Waals surface area contributed by atoms with Crippen LogP contribution in [0.1, 0.15) is 22.3 Å². The highest BCUT2D eigenvalue weighted by atomic mass is 15.0. The summed E-state index contributed by atoms with van der Waals surface area (Å²) in [6.45, 7) is 0. The van der Waals surface area contributed by atoms with Gasteiger partial charge in [0.1, 0.15) is 0 Å². The summed E-state index contributed by atoms with van der Waals surface area (Å²) in [4.78, 5) is 14.9. The molecule has 0 fully saturated rings. The Kier molecular flexibility index (Phi) is 7.14. The standard InChI is InChI=1S/C51H32N4/c1-5-15-33(16-6-1)44-40-24-13-23-35-29-32-43-48(46(35)40)47-41(45(44)34-17-7-2-8-18-34)25-14-26-42(47)55(43)39-30-27-38(28-31-39)51-53-49(36-19-9-3-10-20-36)52-50(54-51)37-21-11-4-12-22-37/h1-32H. The highest BCUT2D eigenvalue weighted by molar-refractivity contribution is 6.31. The van der Waals surface area contributed by atoms with E-state index in [0.717, 1.165) is 22.4 Å². The minimum Gasteiger partial charge on any atom is -0.309 e. The van der Waals surface area contributed by atoms with Crippen molar-refractivity contribution in [3.63, 3.8) is 0 Å². The van der Waals surface area contributed by atoms with E-state index < -0.39 is 0 Å². The molecule has 0 saturated heterocycles. The zero-order valence-electron chi connectivity index (χ0n) is 29.8. The summed E-state index contributed by atoms with van der Waals surface area (Å²) >= 11 is 0. The van der Waals surface area contributed by atoms with Gasteiger partial charge in [0.05, 0.1) is 11.0 Å². The highest BCUT2D eigenvalue weighted by Crippen LogP contribution is 2.50. The Balaban J connectivity index is 1.14. The lowest BCUT2D eigenvalue weighted by Crippen LogP contribution is -2.01. The topological polar surface area (TPSA) is 43.6 Å². The average Bonchev–Trinajstić information content (AvgIpc) is 3.54. The molecule has 2 aromatic heterocycles. The van der Waals surface area contributed by atoms with E-state index in [-0.39, 0.29) is 0 Å². The van der Waals surface area contributed by atoms with Gasteiger partial charge in [-0.1, -0.05) is 158 Å². The van der Waals surface area contributed by atoms with Crippen LogP contribution in [0.5, 0.6) is 0 Å². The highest BCUT2D eigenvalue weighted by Gasteiger charge is 2.27. The van der Waals surface area contributed by atoms with Crippen LogP contribution in [0.3, 0.4) is 0 Å². The third-order valence-electron chi connectivity index (χ3n) is 10.8. The SMILES string of the molecule is c1ccc(C2=C(c3ccccc3)c3cccc4c3c3c5c2cccc5ccc3n4-c2ccc(-c3nc(-c4ccccc4)nc(-c4ccccc4)n3)cc2)cc1. The van der Waals surface area contributed by atoms with Gasteiger partial charge in [0.15, 0.2) is 17.5 Å². The van der Waals surface area contributed by atoms with Gasteiger partial charge in [-0.05, 0) is 80.6 Å². The van der Waals surface area contributed by atoms with Crippen LogP contribution >= 0.6 is 0 Å². The van der Waals surface area contributed by atoms with E-state index in [9.17, 15) is 0 Å². The lowest BCUT2D eigenvalue weighted by atomic mass is 9.85. The van der Waals surface area contributed by atoms with Gasteiger partial charge in [0.25, 0.3) is 0 Å². The fourth-order valence-corrected chi connectivity index (χ4v) is 8.40. The zero-order chi connectivity index (χ0) is 36.3. The molecule has 0 atom stereocenters. The van der Waals surface area contributed by atoms with Gasteiger partial charge < -0.3 is 4.57 Å². The molecule has 0 N–H and O–H groups in total. The summed E-state index contributed by atoms with van der Waals surface area (Å²) in [7, 11) is 0. The minimum absolute atomic E-state index is 0.639. The molecule has 11 rings (SSSR count). The molecule has 55 heavy (non-hydrogen) atoms. The molecule has 4 nitrogen and oxygen atoms in total. The Labute approximate surface area is 318 Å². The van der Waals surface area contributed by atoms with Crippen molar-refractivity contribution in [3.05, 3.63) is 216 Å². The van der Waals surface area contributed by atoms with Gasteiger partial charge in [-0.25, -0.2) is 15.0 Å². The Morgan fingerprint density at radius 1 is 0.291 bits per heavy atom. The molecule has 0 spiro atoms. The van der Waals surface area contributed by atoms with Crippen molar-refractivity contribution in [2.75, 3.05) is 0 Å². The Morgan fingerprint density at radius 3 is 1.25 bits per heavy atom. The molecule has 0 saturated carbocycles. The molecule has 0 radical (unpaired) electrons. The molecule has 10 aromatic rings. The first-order valence-electron chi connectivity index (χ1n) is 18.6. The van der Waals surface area contributed by atoms with Crippen molar-refractivity contribution in [1.29, 1.82) is 0 Å². The summed E-state index contributed by atoms with van der Waals surface area (Å²) in [5, 5.41) is 5.06. The first-order chi connectivity index (χ1) is 27.3. The third kappa shape index (κ3) is 5.03. The molecule has 0 aliphatic heterocycles. The van der Waals surface area contributed by atoms with Gasteiger partial charge >= 0.3 is 0 Å². The monoisotopic (exact) mass is 700 g/mol. The summed E-state index contributed by atoms with van der Waals surface area (Å²) in [6.07, 6.45) is 0. The lowest BCUT2D eigenvalue weighted by Gasteiger charge is -2.19. The van der Waals surface area contributed by atoms with Gasteiger partial charge in [0, 0.05) is 33.2 Å². The second-order valence-corrected chi connectivity index (χ2v) is 14.0. The minimum atomic E-state index is 0.639. The van der Waals surface area contributed by atoms with Gasteiger partial charge in [-0.3, -0.25) is 0 Å². The van der Waals surface area contributed by atoms with E-state index in [1.165, 1.54) is 66.0 Å². The third-order valence-corrected chi connectivity index (χ3v) is 10.8. The van der Waals surface area contributed by atoms with Crippen LogP contribution in [0.2, 0.25) is 0 Å². The van der Waals surface area contributed by atoms with E-state index in [2.05, 4.69) is 138 Å². The van der Waals surface area contributed by atoms with Crippen LogP contribution in [-0.2, 0) is 0 Å². The average molecular weight is 701 g/mol. The Hall–Kier alpha value is -7.43. The molecular weight excluding hydrogens is 669 g/mol. The fourth-order valence-electron chi connectivity index (χ4n) is 8.40. The van der Waals surface area contributed by atoms with Crippen LogP contribution in [0.25, 0.3) is 83.6 Å². The second kappa shape index (κ2) is 12.6. The van der Waals surface area contributed by atoms with Gasteiger partial charge in [0.2, 0.25) is 0 Å². The van der Waals surface area contributed by atoms with Crippen molar-refractivity contribution in [2.24, 2.45) is 0 Å². The van der Waals surface area contributed by atoms with E-state index >= 15 is 0 Å². The van der Waals surface area contributed by atoms with Crippen LogP contribution < -0.4 is 0 Å². The zero-order valence-corrected chi connectivity index (χ0v) is 29.8. The maximum Gasteiger partial charge on any atom is 0.164 e. The number of hydrogen-bond donors (Lipinski definition) is 0. The first-order valence-corrected chi connectivity index (χ1v) is 18.6. The van der Waals surface area contributed by atoms with Crippen molar-refractivity contribution in [2.45, 2.75) is 0 Å². The van der Waals surface area contributed by atoms with E-state index in [4.69, 9.17) is 15.0 Å². The number of hydrogen-bond acceptors (Lipinski definition) is 3. The summed E-state index contributed by atoms with van der Waals surface area (Å²) in [5.41, 5.74) is 13.6. The van der Waals surface area contributed by atoms with Crippen LogP contribution in [0.4, 0.5) is 0 Å². The number of nitrogens with zero attached hydrogens (tertiary/aromatic N) is 4. The molecule has 2 heterocycles. The summed E-state index contributed by atoms with van der Waals surface area (Å²) < 4.78 is 2.42. The molecule has 8 aromatic carbocycles. The van der Waals surface area contributed by atoms with Crippen LogP contribution in [0.15, 0.2) is 194 Å². The quantitative estimate of drug-likeness (QED) is 0.173. The summed E-state index contributed by atoms with van der Waals surface area (Å²) in [6, 6.07) is 68.7. The van der Waals surface area contributed by atoms with E-state index in [0.29, 0.717) is 17.5 Å². The van der Waals surface area contributed by atoms with Crippen molar-refractivity contribution < 1.29 is 0 Å². The predicted molar refractivity (Wildman–Crippen MR) is 226 cm³/mol. The van der Waals surface area contributed by atoms with E-state index in [1.54, 1.807) is 0 Å². The predicted octanol–water partition coefficient (Wildman–Crippen LogP) is 12.4. The maximum atomic E-state index is 4.99.